The lowest BCUT2D eigenvalue weighted by Gasteiger charge is -2.18. The third-order valence-electron chi connectivity index (χ3n) is 5.32. The molecule has 4 rings (SSSR count). The summed E-state index contributed by atoms with van der Waals surface area (Å²) >= 11 is 0. The summed E-state index contributed by atoms with van der Waals surface area (Å²) in [5.74, 6) is 0. The van der Waals surface area contributed by atoms with Crippen molar-refractivity contribution in [2.75, 3.05) is 53.6 Å². The number of aromatic amines is 1. The molecule has 11 nitrogen and oxygen atoms in total. The van der Waals surface area contributed by atoms with Crippen LogP contribution in [0.1, 0.15) is 18.2 Å². The van der Waals surface area contributed by atoms with Gasteiger partial charge in [-0.15, -0.1) is 0 Å². The Morgan fingerprint density at radius 2 is 1.93 bits per heavy atom. The fraction of sp³-hybridized carbons (Fsp3) is 0.667. The van der Waals surface area contributed by atoms with E-state index >= 15 is 0 Å². The minimum atomic E-state index is -2.90. The molecule has 12 heteroatoms. The third kappa shape index (κ3) is 4.52. The van der Waals surface area contributed by atoms with Crippen LogP contribution in [0.5, 0.6) is 0 Å². The molecule has 166 valence electrons. The van der Waals surface area contributed by atoms with Crippen molar-refractivity contribution in [2.24, 2.45) is 0 Å². The van der Waals surface area contributed by atoms with Crippen molar-refractivity contribution in [3.05, 3.63) is 38.7 Å². The highest BCUT2D eigenvalue weighted by atomic mass is 31.2. The quantitative estimate of drug-likeness (QED) is 0.402. The van der Waals surface area contributed by atoms with E-state index in [9.17, 15) is 14.2 Å². The number of hydrogen-bond acceptors (Lipinski definition) is 7. The van der Waals surface area contributed by atoms with Gasteiger partial charge < -0.3 is 18.7 Å². The van der Waals surface area contributed by atoms with E-state index in [1.54, 1.807) is 26.4 Å². The number of rotatable bonds is 10. The first-order valence-corrected chi connectivity index (χ1v) is 11.4. The van der Waals surface area contributed by atoms with Crippen molar-refractivity contribution in [3.63, 3.8) is 0 Å². The minimum Gasteiger partial charge on any atom is -0.382 e. The summed E-state index contributed by atoms with van der Waals surface area (Å²) in [5.41, 5.74) is -0.791. The molecule has 0 spiro atoms. The Morgan fingerprint density at radius 3 is 2.53 bits per heavy atom. The summed E-state index contributed by atoms with van der Waals surface area (Å²) in [6.45, 7) is 3.54. The second-order valence-corrected chi connectivity index (χ2v) is 9.81. The first-order chi connectivity index (χ1) is 14.5. The van der Waals surface area contributed by atoms with Crippen LogP contribution in [0.4, 0.5) is 0 Å². The van der Waals surface area contributed by atoms with Gasteiger partial charge in [-0.3, -0.25) is 18.9 Å². The maximum Gasteiger partial charge on any atom is 0.346 e. The third-order valence-corrected chi connectivity index (χ3v) is 8.03. The van der Waals surface area contributed by atoms with E-state index < -0.39 is 25.1 Å². The Labute approximate surface area is 173 Å². The van der Waals surface area contributed by atoms with Gasteiger partial charge in [0.15, 0.2) is 0 Å². The summed E-state index contributed by atoms with van der Waals surface area (Å²) in [4.78, 5) is 26.8. The molecule has 1 unspecified atom stereocenters. The fourth-order valence-electron chi connectivity index (χ4n) is 3.52. The van der Waals surface area contributed by atoms with Crippen molar-refractivity contribution >= 4 is 13.7 Å². The highest BCUT2D eigenvalue weighted by Gasteiger charge is 2.49. The molecular formula is C18H27N4O7P. The molecule has 1 aromatic heterocycles. The van der Waals surface area contributed by atoms with Gasteiger partial charge in [-0.2, -0.15) is 0 Å². The average Bonchev–Trinajstić information content (AvgIpc) is 3.63. The van der Waals surface area contributed by atoms with Gasteiger partial charge >= 0.3 is 13.4 Å². The summed E-state index contributed by atoms with van der Waals surface area (Å²) in [6, 6.07) is 0. The van der Waals surface area contributed by atoms with Crippen LogP contribution in [0.2, 0.25) is 0 Å². The highest BCUT2D eigenvalue weighted by Crippen LogP contribution is 2.60. The van der Waals surface area contributed by atoms with E-state index in [0.29, 0.717) is 13.0 Å². The van der Waals surface area contributed by atoms with Crippen molar-refractivity contribution in [2.45, 2.75) is 24.9 Å². The molecule has 0 bridgehead atoms. The zero-order chi connectivity index (χ0) is 21.3. The van der Waals surface area contributed by atoms with Gasteiger partial charge in [0, 0.05) is 53.0 Å². The normalized spacial score (nSPS) is 27.2. The van der Waals surface area contributed by atoms with Crippen molar-refractivity contribution in [1.82, 2.24) is 18.9 Å². The molecule has 0 aliphatic carbocycles. The Balaban J connectivity index is 1.45. The number of ether oxygens (including phenoxy) is 3. The van der Waals surface area contributed by atoms with Gasteiger partial charge in [0.05, 0.1) is 24.9 Å². The predicted molar refractivity (Wildman–Crippen MR) is 108 cm³/mol. The Kier molecular flexibility index (Phi) is 6.40. The minimum absolute atomic E-state index is 0.102. The molecule has 0 amide bonds. The molecule has 1 aromatic rings. The smallest absolute Gasteiger partial charge is 0.346 e. The lowest BCUT2D eigenvalue weighted by atomic mass is 10.2. The number of nitrogens with zero attached hydrogens (tertiary/aromatic N) is 3. The first-order valence-electron chi connectivity index (χ1n) is 9.91. The Hall–Kier alpha value is -1.59. The number of hydrogen-bond donors (Lipinski definition) is 1. The Bertz CT molecular complexity index is 937. The van der Waals surface area contributed by atoms with Crippen LogP contribution in [0.25, 0.3) is 6.08 Å². The van der Waals surface area contributed by atoms with Crippen LogP contribution in [-0.2, 0) is 23.3 Å². The number of methoxy groups -OCH3 is 2. The second kappa shape index (κ2) is 8.88. The topological polar surface area (TPSA) is 115 Å². The van der Waals surface area contributed by atoms with Gasteiger partial charge in [0.2, 0.25) is 0 Å². The lowest BCUT2D eigenvalue weighted by molar-refractivity contribution is -0.0618. The highest BCUT2D eigenvalue weighted by molar-refractivity contribution is 7.54. The van der Waals surface area contributed by atoms with E-state index in [1.807, 2.05) is 9.34 Å². The van der Waals surface area contributed by atoms with E-state index in [4.69, 9.17) is 18.7 Å². The molecule has 1 N–H and O–H groups in total. The standard InChI is InChI=1S/C18H27N4O7P/c1-26-12-15-14(27-2)10-16(29-15)22-11-13(17(23)19-18(22)24)4-3-9-28-30(25,20-5-6-20)21-7-8-21/h3-4,11,14-16H,5-10,12H2,1-2H3,(H,19,23,24)/t14?,15-,16-/m1/s1. The van der Waals surface area contributed by atoms with Gasteiger partial charge in [0.25, 0.3) is 5.56 Å². The molecular weight excluding hydrogens is 415 g/mol. The van der Waals surface area contributed by atoms with Crippen molar-refractivity contribution < 1.29 is 23.3 Å². The van der Waals surface area contributed by atoms with E-state index in [-0.39, 0.29) is 24.4 Å². The van der Waals surface area contributed by atoms with Gasteiger partial charge in [-0.05, 0) is 6.08 Å². The molecule has 4 heterocycles. The van der Waals surface area contributed by atoms with E-state index in [1.165, 1.54) is 10.8 Å². The number of aromatic nitrogens is 2. The summed E-state index contributed by atoms with van der Waals surface area (Å²) < 4.78 is 40.0. The van der Waals surface area contributed by atoms with Crippen LogP contribution in [0, 0.1) is 0 Å². The number of nitrogens with one attached hydrogen (secondary N) is 1. The lowest BCUT2D eigenvalue weighted by Crippen LogP contribution is -2.33. The Morgan fingerprint density at radius 1 is 1.23 bits per heavy atom. The summed E-state index contributed by atoms with van der Waals surface area (Å²) in [7, 11) is 0.246. The van der Waals surface area contributed by atoms with Crippen LogP contribution < -0.4 is 11.2 Å². The van der Waals surface area contributed by atoms with Gasteiger partial charge in [-0.1, -0.05) is 6.08 Å². The van der Waals surface area contributed by atoms with Crippen LogP contribution >= 0.6 is 7.67 Å². The largest absolute Gasteiger partial charge is 0.382 e. The molecule has 0 aromatic carbocycles. The maximum atomic E-state index is 12.9. The maximum absolute atomic E-state index is 12.9. The summed E-state index contributed by atoms with van der Waals surface area (Å²) in [6.07, 6.45) is 3.99. The average molecular weight is 442 g/mol. The van der Waals surface area contributed by atoms with E-state index in [2.05, 4.69) is 4.98 Å². The monoisotopic (exact) mass is 442 g/mol. The second-order valence-electron chi connectivity index (χ2n) is 7.44. The SMILES string of the molecule is COC[C@H]1O[C@@H](n2cc(C=CCOP(=O)(N3CC3)N3CC3)c(=O)[nH]c2=O)CC1OC. The molecule has 0 saturated carbocycles. The van der Waals surface area contributed by atoms with Crippen LogP contribution in [-0.4, -0.2) is 84.7 Å². The zero-order valence-corrected chi connectivity index (χ0v) is 18.0. The van der Waals surface area contributed by atoms with Crippen LogP contribution in [0.3, 0.4) is 0 Å². The predicted octanol–water partition coefficient (Wildman–Crippen LogP) is 0.255. The van der Waals surface area contributed by atoms with Crippen molar-refractivity contribution in [3.8, 4) is 0 Å². The fourth-order valence-corrected chi connectivity index (χ4v) is 5.67. The van der Waals surface area contributed by atoms with E-state index in [0.717, 1.165) is 26.2 Å². The summed E-state index contributed by atoms with van der Waals surface area (Å²) in [5, 5.41) is 0. The molecule has 30 heavy (non-hydrogen) atoms. The van der Waals surface area contributed by atoms with Gasteiger partial charge in [-0.25, -0.2) is 14.1 Å². The molecule has 3 atom stereocenters. The molecule has 3 saturated heterocycles. The molecule has 0 radical (unpaired) electrons. The molecule has 3 aliphatic heterocycles. The number of H-pyrrole nitrogens is 1. The first kappa shape index (κ1) is 21.6. The zero-order valence-electron chi connectivity index (χ0n) is 17.1. The molecule has 3 fully saturated rings. The van der Waals surface area contributed by atoms with Gasteiger partial charge in [0.1, 0.15) is 12.3 Å². The van der Waals surface area contributed by atoms with Crippen LogP contribution in [0.15, 0.2) is 21.9 Å². The molecule has 3 aliphatic rings. The van der Waals surface area contributed by atoms with Crippen molar-refractivity contribution in [1.29, 1.82) is 0 Å².